The third kappa shape index (κ3) is 3.66. The fourth-order valence-corrected chi connectivity index (χ4v) is 1.33. The Labute approximate surface area is 97.0 Å². The molecule has 1 aromatic carbocycles. The SMILES string of the molecule is CC[C@@](C)(N)C(=O)NCCc1ccccc1. The minimum absolute atomic E-state index is 0.0778. The number of rotatable bonds is 5. The molecule has 0 aromatic heterocycles. The van der Waals surface area contributed by atoms with Crippen molar-refractivity contribution in [1.29, 1.82) is 0 Å². The molecule has 0 bridgehead atoms. The van der Waals surface area contributed by atoms with Crippen molar-refractivity contribution in [2.24, 2.45) is 5.73 Å². The molecule has 3 N–H and O–H groups in total. The van der Waals surface area contributed by atoms with Crippen LogP contribution in [0.5, 0.6) is 0 Å². The number of benzene rings is 1. The predicted octanol–water partition coefficient (Wildman–Crippen LogP) is 1.47. The highest BCUT2D eigenvalue weighted by Crippen LogP contribution is 2.04. The third-order valence-corrected chi connectivity index (χ3v) is 2.80. The summed E-state index contributed by atoms with van der Waals surface area (Å²) in [5.74, 6) is -0.0778. The first kappa shape index (κ1) is 12.7. The number of hydrogen-bond donors (Lipinski definition) is 2. The minimum atomic E-state index is -0.753. The van der Waals surface area contributed by atoms with Crippen molar-refractivity contribution in [2.45, 2.75) is 32.2 Å². The van der Waals surface area contributed by atoms with Gasteiger partial charge in [0, 0.05) is 6.54 Å². The summed E-state index contributed by atoms with van der Waals surface area (Å²) in [7, 11) is 0. The maximum Gasteiger partial charge on any atom is 0.239 e. The molecule has 0 radical (unpaired) electrons. The number of carbonyl (C=O) groups is 1. The minimum Gasteiger partial charge on any atom is -0.354 e. The number of nitrogens with one attached hydrogen (secondary N) is 1. The highest BCUT2D eigenvalue weighted by molar-refractivity contribution is 5.85. The molecule has 0 heterocycles. The standard InChI is InChI=1S/C13H20N2O/c1-3-13(2,14)12(16)15-10-9-11-7-5-4-6-8-11/h4-8H,3,9-10,14H2,1-2H3,(H,15,16)/t13-/m1/s1. The zero-order valence-corrected chi connectivity index (χ0v) is 9.99. The van der Waals surface area contributed by atoms with Gasteiger partial charge in [0.2, 0.25) is 5.91 Å². The van der Waals surface area contributed by atoms with E-state index in [4.69, 9.17) is 5.73 Å². The molecule has 88 valence electrons. The monoisotopic (exact) mass is 220 g/mol. The van der Waals surface area contributed by atoms with Gasteiger partial charge in [-0.25, -0.2) is 0 Å². The second-order valence-electron chi connectivity index (χ2n) is 4.26. The zero-order valence-electron chi connectivity index (χ0n) is 9.99. The number of hydrogen-bond acceptors (Lipinski definition) is 2. The molecule has 0 saturated heterocycles. The lowest BCUT2D eigenvalue weighted by molar-refractivity contribution is -0.125. The number of amides is 1. The lowest BCUT2D eigenvalue weighted by atomic mass is 9.99. The van der Waals surface area contributed by atoms with E-state index in [0.29, 0.717) is 13.0 Å². The van der Waals surface area contributed by atoms with E-state index in [2.05, 4.69) is 5.32 Å². The van der Waals surface area contributed by atoms with Crippen molar-refractivity contribution >= 4 is 5.91 Å². The molecule has 3 heteroatoms. The molecule has 0 spiro atoms. The Balaban J connectivity index is 2.34. The number of nitrogens with two attached hydrogens (primary N) is 1. The Morgan fingerprint density at radius 1 is 1.38 bits per heavy atom. The first-order valence-corrected chi connectivity index (χ1v) is 5.67. The molecule has 1 amide bonds. The van der Waals surface area contributed by atoms with Crippen LogP contribution in [0.3, 0.4) is 0 Å². The summed E-state index contributed by atoms with van der Waals surface area (Å²) < 4.78 is 0. The average Bonchev–Trinajstić information content (AvgIpc) is 2.30. The molecule has 1 aromatic rings. The van der Waals surface area contributed by atoms with Crippen LogP contribution in [0.1, 0.15) is 25.8 Å². The molecular weight excluding hydrogens is 200 g/mol. The van der Waals surface area contributed by atoms with Crippen LogP contribution in [0.25, 0.3) is 0 Å². The Hall–Kier alpha value is -1.35. The smallest absolute Gasteiger partial charge is 0.239 e. The molecular formula is C13H20N2O. The maximum absolute atomic E-state index is 11.6. The average molecular weight is 220 g/mol. The topological polar surface area (TPSA) is 55.1 Å². The molecule has 1 atom stereocenters. The lowest BCUT2D eigenvalue weighted by Crippen LogP contribution is -2.51. The van der Waals surface area contributed by atoms with E-state index >= 15 is 0 Å². The first-order valence-electron chi connectivity index (χ1n) is 5.67. The Morgan fingerprint density at radius 3 is 2.56 bits per heavy atom. The first-order chi connectivity index (χ1) is 7.56. The van der Waals surface area contributed by atoms with Gasteiger partial charge in [-0.15, -0.1) is 0 Å². The van der Waals surface area contributed by atoms with E-state index < -0.39 is 5.54 Å². The quantitative estimate of drug-likeness (QED) is 0.789. The molecule has 3 nitrogen and oxygen atoms in total. The van der Waals surface area contributed by atoms with Gasteiger partial charge in [0.15, 0.2) is 0 Å². The predicted molar refractivity (Wildman–Crippen MR) is 66.0 cm³/mol. The molecule has 0 aliphatic heterocycles. The van der Waals surface area contributed by atoms with Crippen molar-refractivity contribution in [1.82, 2.24) is 5.32 Å². The van der Waals surface area contributed by atoms with Gasteiger partial charge >= 0.3 is 0 Å². The number of carbonyl (C=O) groups excluding carboxylic acids is 1. The molecule has 1 rings (SSSR count). The van der Waals surface area contributed by atoms with Crippen molar-refractivity contribution in [3.8, 4) is 0 Å². The van der Waals surface area contributed by atoms with Gasteiger partial charge in [-0.3, -0.25) is 4.79 Å². The van der Waals surface area contributed by atoms with Crippen LogP contribution in [-0.4, -0.2) is 18.0 Å². The summed E-state index contributed by atoms with van der Waals surface area (Å²) in [5.41, 5.74) is 6.29. The second kappa shape index (κ2) is 5.66. The van der Waals surface area contributed by atoms with E-state index in [1.54, 1.807) is 6.92 Å². The Bertz CT molecular complexity index is 333. The third-order valence-electron chi connectivity index (χ3n) is 2.80. The van der Waals surface area contributed by atoms with Crippen molar-refractivity contribution in [3.05, 3.63) is 35.9 Å². The summed E-state index contributed by atoms with van der Waals surface area (Å²) in [6, 6.07) is 10.1. The highest BCUT2D eigenvalue weighted by Gasteiger charge is 2.25. The van der Waals surface area contributed by atoms with E-state index in [9.17, 15) is 4.79 Å². The fraction of sp³-hybridized carbons (Fsp3) is 0.462. The van der Waals surface area contributed by atoms with Crippen LogP contribution in [0.2, 0.25) is 0 Å². The zero-order chi connectivity index (χ0) is 12.0. The van der Waals surface area contributed by atoms with E-state index in [-0.39, 0.29) is 5.91 Å². The summed E-state index contributed by atoms with van der Waals surface area (Å²) in [5, 5.41) is 2.86. The Kier molecular flexibility index (Phi) is 4.50. The molecule has 16 heavy (non-hydrogen) atoms. The molecule has 0 unspecified atom stereocenters. The summed E-state index contributed by atoms with van der Waals surface area (Å²) in [4.78, 5) is 11.6. The molecule has 0 fully saturated rings. The Morgan fingerprint density at radius 2 is 2.00 bits per heavy atom. The highest BCUT2D eigenvalue weighted by atomic mass is 16.2. The van der Waals surface area contributed by atoms with Gasteiger partial charge in [0.25, 0.3) is 0 Å². The summed E-state index contributed by atoms with van der Waals surface area (Å²) >= 11 is 0. The second-order valence-corrected chi connectivity index (χ2v) is 4.26. The van der Waals surface area contributed by atoms with Crippen LogP contribution in [0.15, 0.2) is 30.3 Å². The summed E-state index contributed by atoms with van der Waals surface area (Å²) in [6.07, 6.45) is 1.48. The van der Waals surface area contributed by atoms with Crippen molar-refractivity contribution in [2.75, 3.05) is 6.54 Å². The fourth-order valence-electron chi connectivity index (χ4n) is 1.33. The van der Waals surface area contributed by atoms with Crippen LogP contribution < -0.4 is 11.1 Å². The van der Waals surface area contributed by atoms with Gasteiger partial charge in [-0.05, 0) is 25.3 Å². The van der Waals surface area contributed by atoms with Crippen molar-refractivity contribution < 1.29 is 4.79 Å². The van der Waals surface area contributed by atoms with Crippen LogP contribution in [0, 0.1) is 0 Å². The van der Waals surface area contributed by atoms with Gasteiger partial charge in [-0.1, -0.05) is 37.3 Å². The maximum atomic E-state index is 11.6. The van der Waals surface area contributed by atoms with Crippen molar-refractivity contribution in [3.63, 3.8) is 0 Å². The molecule has 0 aliphatic carbocycles. The van der Waals surface area contributed by atoms with Crippen LogP contribution in [-0.2, 0) is 11.2 Å². The van der Waals surface area contributed by atoms with E-state index in [1.807, 2.05) is 37.3 Å². The van der Waals surface area contributed by atoms with Crippen LogP contribution >= 0.6 is 0 Å². The van der Waals surface area contributed by atoms with Gasteiger partial charge in [0.05, 0.1) is 5.54 Å². The van der Waals surface area contributed by atoms with E-state index in [0.717, 1.165) is 6.42 Å². The molecule has 0 aliphatic rings. The van der Waals surface area contributed by atoms with Gasteiger partial charge in [0.1, 0.15) is 0 Å². The van der Waals surface area contributed by atoms with E-state index in [1.165, 1.54) is 5.56 Å². The summed E-state index contributed by atoms with van der Waals surface area (Å²) in [6.45, 7) is 4.30. The largest absolute Gasteiger partial charge is 0.354 e. The van der Waals surface area contributed by atoms with Gasteiger partial charge < -0.3 is 11.1 Å². The normalized spacial score (nSPS) is 14.2. The van der Waals surface area contributed by atoms with Crippen LogP contribution in [0.4, 0.5) is 0 Å². The van der Waals surface area contributed by atoms with Gasteiger partial charge in [-0.2, -0.15) is 0 Å². The lowest BCUT2D eigenvalue weighted by Gasteiger charge is -2.21. The molecule has 0 saturated carbocycles.